The first kappa shape index (κ1) is 16.1. The Hall–Kier alpha value is -1.73. The highest BCUT2D eigenvalue weighted by molar-refractivity contribution is 9.10. The van der Waals surface area contributed by atoms with Gasteiger partial charge in [-0.3, -0.25) is 4.79 Å². The molecule has 1 amide bonds. The zero-order valence-electron chi connectivity index (χ0n) is 13.1. The number of benzene rings is 1. The Balaban J connectivity index is 1.66. The molecule has 1 saturated heterocycles. The monoisotopic (exact) mass is 377 g/mol. The minimum absolute atomic E-state index is 0.178. The van der Waals surface area contributed by atoms with Crippen molar-refractivity contribution in [1.82, 2.24) is 25.6 Å². The molecule has 1 fully saturated rings. The summed E-state index contributed by atoms with van der Waals surface area (Å²) >= 11 is 3.43. The van der Waals surface area contributed by atoms with Crippen molar-refractivity contribution in [3.05, 3.63) is 45.7 Å². The molecule has 1 aromatic carbocycles. The number of carbonyl (C=O) groups is 1. The van der Waals surface area contributed by atoms with Crippen molar-refractivity contribution in [2.24, 2.45) is 0 Å². The van der Waals surface area contributed by atoms with Crippen LogP contribution in [0.25, 0.3) is 0 Å². The predicted octanol–water partition coefficient (Wildman–Crippen LogP) is 2.20. The third-order valence-electron chi connectivity index (χ3n) is 4.14. The smallest absolute Gasteiger partial charge is 0.274 e. The molecule has 0 spiro atoms. The molecule has 2 heterocycles. The van der Waals surface area contributed by atoms with Crippen LogP contribution in [0.1, 0.15) is 40.6 Å². The van der Waals surface area contributed by atoms with Gasteiger partial charge in [0, 0.05) is 11.0 Å². The lowest BCUT2D eigenvalue weighted by atomic mass is 10.1. The third-order valence-corrected chi connectivity index (χ3v) is 4.63. The molecule has 23 heavy (non-hydrogen) atoms. The van der Waals surface area contributed by atoms with Crippen molar-refractivity contribution in [3.63, 3.8) is 0 Å². The molecule has 1 aromatic heterocycles. The quantitative estimate of drug-likeness (QED) is 0.856. The first-order valence-electron chi connectivity index (χ1n) is 7.80. The van der Waals surface area contributed by atoms with Crippen molar-refractivity contribution >= 4 is 21.8 Å². The topological polar surface area (TPSA) is 71.8 Å². The number of nitrogens with zero attached hydrogens (tertiary/aromatic N) is 3. The molecule has 2 aromatic rings. The fourth-order valence-electron chi connectivity index (χ4n) is 2.86. The molecule has 0 radical (unpaired) electrons. The van der Waals surface area contributed by atoms with Crippen LogP contribution in [0.4, 0.5) is 0 Å². The number of nitrogens with one attached hydrogen (secondary N) is 2. The standard InChI is InChI=1S/C16H20BrN5O/c1-11-15(20-21-22(11)14-5-7-18-8-6-14)16(23)19-10-12-3-2-4-13(17)9-12/h2-4,9,14,18H,5-8,10H2,1H3,(H,19,23). The van der Waals surface area contributed by atoms with E-state index in [-0.39, 0.29) is 5.91 Å². The van der Waals surface area contributed by atoms with E-state index in [1.165, 1.54) is 0 Å². The molecule has 0 saturated carbocycles. The van der Waals surface area contributed by atoms with Gasteiger partial charge >= 0.3 is 0 Å². The van der Waals surface area contributed by atoms with E-state index < -0.39 is 0 Å². The lowest BCUT2D eigenvalue weighted by Crippen LogP contribution is -2.30. The van der Waals surface area contributed by atoms with Gasteiger partial charge in [0.15, 0.2) is 5.69 Å². The van der Waals surface area contributed by atoms with Gasteiger partial charge in [-0.1, -0.05) is 33.3 Å². The van der Waals surface area contributed by atoms with E-state index in [4.69, 9.17) is 0 Å². The highest BCUT2D eigenvalue weighted by Gasteiger charge is 2.22. The first-order valence-corrected chi connectivity index (χ1v) is 8.59. The molecule has 1 aliphatic rings. The van der Waals surface area contributed by atoms with E-state index in [2.05, 4.69) is 36.9 Å². The summed E-state index contributed by atoms with van der Waals surface area (Å²) in [4.78, 5) is 12.4. The Morgan fingerprint density at radius 1 is 1.43 bits per heavy atom. The second-order valence-corrected chi connectivity index (χ2v) is 6.68. The molecular weight excluding hydrogens is 358 g/mol. The average molecular weight is 378 g/mol. The zero-order chi connectivity index (χ0) is 16.2. The van der Waals surface area contributed by atoms with Crippen LogP contribution in [0.3, 0.4) is 0 Å². The van der Waals surface area contributed by atoms with Gasteiger partial charge in [0.25, 0.3) is 5.91 Å². The lowest BCUT2D eigenvalue weighted by molar-refractivity contribution is 0.0945. The number of amides is 1. The highest BCUT2D eigenvalue weighted by atomic mass is 79.9. The third kappa shape index (κ3) is 3.79. The largest absolute Gasteiger partial charge is 0.347 e. The maximum atomic E-state index is 12.4. The van der Waals surface area contributed by atoms with Crippen molar-refractivity contribution in [2.45, 2.75) is 32.4 Å². The van der Waals surface area contributed by atoms with E-state index in [1.54, 1.807) is 0 Å². The van der Waals surface area contributed by atoms with Crippen molar-refractivity contribution < 1.29 is 4.79 Å². The minimum atomic E-state index is -0.178. The van der Waals surface area contributed by atoms with Crippen molar-refractivity contribution in [3.8, 4) is 0 Å². The number of hydrogen-bond donors (Lipinski definition) is 2. The summed E-state index contributed by atoms with van der Waals surface area (Å²) in [5.41, 5.74) is 2.29. The molecule has 1 aliphatic heterocycles. The van der Waals surface area contributed by atoms with Gasteiger partial charge in [-0.25, -0.2) is 4.68 Å². The molecule has 3 rings (SSSR count). The van der Waals surface area contributed by atoms with Gasteiger partial charge in [-0.05, 0) is 50.6 Å². The number of rotatable bonds is 4. The van der Waals surface area contributed by atoms with Crippen molar-refractivity contribution in [1.29, 1.82) is 0 Å². The number of aromatic nitrogens is 3. The van der Waals surface area contributed by atoms with Gasteiger partial charge < -0.3 is 10.6 Å². The fraction of sp³-hybridized carbons (Fsp3) is 0.438. The Morgan fingerprint density at radius 2 is 2.22 bits per heavy atom. The van der Waals surface area contributed by atoms with Crippen LogP contribution in [0.2, 0.25) is 0 Å². The predicted molar refractivity (Wildman–Crippen MR) is 91.2 cm³/mol. The van der Waals surface area contributed by atoms with Crippen LogP contribution >= 0.6 is 15.9 Å². The average Bonchev–Trinajstić information content (AvgIpc) is 2.95. The minimum Gasteiger partial charge on any atom is -0.347 e. The van der Waals surface area contributed by atoms with Gasteiger partial charge in [0.2, 0.25) is 0 Å². The van der Waals surface area contributed by atoms with Crippen LogP contribution in [0.15, 0.2) is 28.7 Å². The number of halogens is 1. The van der Waals surface area contributed by atoms with Gasteiger partial charge in [-0.2, -0.15) is 0 Å². The van der Waals surface area contributed by atoms with Crippen LogP contribution < -0.4 is 10.6 Å². The summed E-state index contributed by atoms with van der Waals surface area (Å²) in [6, 6.07) is 8.20. The number of piperidine rings is 1. The Labute approximate surface area is 143 Å². The fourth-order valence-corrected chi connectivity index (χ4v) is 3.31. The Morgan fingerprint density at radius 3 is 2.96 bits per heavy atom. The van der Waals surface area contributed by atoms with E-state index >= 15 is 0 Å². The Bertz CT molecular complexity index is 694. The molecule has 0 aliphatic carbocycles. The molecule has 7 heteroatoms. The van der Waals surface area contributed by atoms with Crippen molar-refractivity contribution in [2.75, 3.05) is 13.1 Å². The summed E-state index contributed by atoms with van der Waals surface area (Å²) in [5, 5.41) is 14.5. The van der Waals surface area contributed by atoms with Gasteiger partial charge in [0.05, 0.1) is 11.7 Å². The summed E-state index contributed by atoms with van der Waals surface area (Å²) in [6.07, 6.45) is 2.03. The van der Waals surface area contributed by atoms with E-state index in [0.29, 0.717) is 18.3 Å². The second-order valence-electron chi connectivity index (χ2n) is 5.76. The van der Waals surface area contributed by atoms with E-state index in [1.807, 2.05) is 35.9 Å². The van der Waals surface area contributed by atoms with Crippen LogP contribution in [-0.4, -0.2) is 34.0 Å². The molecule has 0 unspecified atom stereocenters. The summed E-state index contributed by atoms with van der Waals surface area (Å²) < 4.78 is 2.90. The van der Waals surface area contributed by atoms with Gasteiger partial charge in [0.1, 0.15) is 0 Å². The first-order chi connectivity index (χ1) is 11.1. The molecule has 0 atom stereocenters. The molecule has 2 N–H and O–H groups in total. The zero-order valence-corrected chi connectivity index (χ0v) is 14.6. The number of carbonyl (C=O) groups excluding carboxylic acids is 1. The van der Waals surface area contributed by atoms with Crippen LogP contribution in [-0.2, 0) is 6.54 Å². The second kappa shape index (κ2) is 7.23. The normalized spacial score (nSPS) is 15.6. The molecule has 0 bridgehead atoms. The molecule has 122 valence electrons. The van der Waals surface area contributed by atoms with E-state index in [9.17, 15) is 4.79 Å². The maximum absolute atomic E-state index is 12.4. The van der Waals surface area contributed by atoms with Gasteiger partial charge in [-0.15, -0.1) is 5.10 Å². The summed E-state index contributed by atoms with van der Waals surface area (Å²) in [5.74, 6) is -0.178. The van der Waals surface area contributed by atoms with Crippen LogP contribution in [0.5, 0.6) is 0 Å². The summed E-state index contributed by atoms with van der Waals surface area (Å²) in [6.45, 7) is 4.34. The maximum Gasteiger partial charge on any atom is 0.274 e. The summed E-state index contributed by atoms with van der Waals surface area (Å²) in [7, 11) is 0. The molecular formula is C16H20BrN5O. The highest BCUT2D eigenvalue weighted by Crippen LogP contribution is 2.20. The lowest BCUT2D eigenvalue weighted by Gasteiger charge is -2.23. The van der Waals surface area contributed by atoms with E-state index in [0.717, 1.165) is 41.7 Å². The Kier molecular flexibility index (Phi) is 5.07. The SMILES string of the molecule is Cc1c(C(=O)NCc2cccc(Br)c2)nnn1C1CCNCC1. The molecule has 6 nitrogen and oxygen atoms in total. The number of hydrogen-bond acceptors (Lipinski definition) is 4. The van der Waals surface area contributed by atoms with Crippen LogP contribution in [0, 0.1) is 6.92 Å².